The van der Waals surface area contributed by atoms with Crippen molar-refractivity contribution >= 4 is 0 Å². The SMILES string of the molecule is [O-]NC=C1C=CC=C1CO. The first-order valence-electron chi connectivity index (χ1n) is 2.95. The Morgan fingerprint density at radius 3 is 3.10 bits per heavy atom. The molecular weight excluding hydrogens is 130 g/mol. The molecule has 0 aromatic carbocycles. The summed E-state index contributed by atoms with van der Waals surface area (Å²) < 4.78 is 0. The van der Waals surface area contributed by atoms with E-state index in [0.29, 0.717) is 0 Å². The maximum atomic E-state index is 9.88. The lowest BCUT2D eigenvalue weighted by molar-refractivity contribution is 0.334. The van der Waals surface area contributed by atoms with E-state index in [9.17, 15) is 5.21 Å². The second kappa shape index (κ2) is 3.20. The Morgan fingerprint density at radius 1 is 1.70 bits per heavy atom. The van der Waals surface area contributed by atoms with Gasteiger partial charge in [-0.2, -0.15) is 0 Å². The largest absolute Gasteiger partial charge is 0.761 e. The van der Waals surface area contributed by atoms with Gasteiger partial charge in [0.1, 0.15) is 0 Å². The molecule has 1 rings (SSSR count). The van der Waals surface area contributed by atoms with Gasteiger partial charge in [0.2, 0.25) is 0 Å². The van der Waals surface area contributed by atoms with Crippen LogP contribution in [0.1, 0.15) is 0 Å². The molecular formula is C7H8NO2-. The van der Waals surface area contributed by atoms with E-state index < -0.39 is 0 Å². The van der Waals surface area contributed by atoms with Gasteiger partial charge in [-0.25, -0.2) is 0 Å². The summed E-state index contributed by atoms with van der Waals surface area (Å²) in [6, 6.07) is 0. The van der Waals surface area contributed by atoms with Crippen LogP contribution in [0.25, 0.3) is 0 Å². The number of allylic oxidation sites excluding steroid dienone is 3. The second-order valence-corrected chi connectivity index (χ2v) is 1.93. The van der Waals surface area contributed by atoms with Crippen molar-refractivity contribution in [3.63, 3.8) is 0 Å². The molecule has 0 amide bonds. The summed E-state index contributed by atoms with van der Waals surface area (Å²) in [5.41, 5.74) is 3.17. The monoisotopic (exact) mass is 138 g/mol. The summed E-state index contributed by atoms with van der Waals surface area (Å²) >= 11 is 0. The van der Waals surface area contributed by atoms with Crippen molar-refractivity contribution in [3.8, 4) is 0 Å². The first-order valence-corrected chi connectivity index (χ1v) is 2.95. The molecule has 3 nitrogen and oxygen atoms in total. The zero-order valence-corrected chi connectivity index (χ0v) is 5.37. The van der Waals surface area contributed by atoms with Crippen LogP contribution in [0, 0.1) is 5.21 Å². The average Bonchev–Trinajstić information content (AvgIpc) is 2.36. The second-order valence-electron chi connectivity index (χ2n) is 1.93. The van der Waals surface area contributed by atoms with Crippen LogP contribution in [0.2, 0.25) is 0 Å². The minimum Gasteiger partial charge on any atom is -0.761 e. The molecule has 0 aliphatic heterocycles. The molecule has 0 saturated heterocycles. The van der Waals surface area contributed by atoms with Crippen LogP contribution >= 0.6 is 0 Å². The third kappa shape index (κ3) is 1.26. The van der Waals surface area contributed by atoms with Gasteiger partial charge in [0.25, 0.3) is 0 Å². The molecule has 0 spiro atoms. The Hall–Kier alpha value is -1.06. The highest BCUT2D eigenvalue weighted by molar-refractivity contribution is 5.48. The van der Waals surface area contributed by atoms with Crippen molar-refractivity contribution in [2.24, 2.45) is 0 Å². The lowest BCUT2D eigenvalue weighted by Gasteiger charge is -2.04. The molecule has 0 radical (unpaired) electrons. The number of hydrogen-bond donors (Lipinski definition) is 2. The van der Waals surface area contributed by atoms with E-state index in [4.69, 9.17) is 5.11 Å². The summed E-state index contributed by atoms with van der Waals surface area (Å²) in [5.74, 6) is 0. The highest BCUT2D eigenvalue weighted by Crippen LogP contribution is 2.15. The van der Waals surface area contributed by atoms with E-state index in [1.807, 2.05) is 0 Å². The van der Waals surface area contributed by atoms with Gasteiger partial charge >= 0.3 is 0 Å². The van der Waals surface area contributed by atoms with Crippen molar-refractivity contribution in [2.75, 3.05) is 6.61 Å². The first-order chi connectivity index (χ1) is 4.88. The number of aliphatic hydroxyl groups excluding tert-OH is 1. The highest BCUT2D eigenvalue weighted by atomic mass is 16.5. The smallest absolute Gasteiger partial charge is 0.0688 e. The number of hydroxylamine groups is 1. The molecule has 0 unspecified atom stereocenters. The minimum absolute atomic E-state index is 0.0273. The third-order valence-electron chi connectivity index (χ3n) is 1.33. The summed E-state index contributed by atoms with van der Waals surface area (Å²) in [7, 11) is 0. The van der Waals surface area contributed by atoms with Gasteiger partial charge < -0.3 is 15.8 Å². The van der Waals surface area contributed by atoms with E-state index in [2.05, 4.69) is 0 Å². The van der Waals surface area contributed by atoms with Crippen LogP contribution in [-0.2, 0) is 0 Å². The lowest BCUT2D eigenvalue weighted by atomic mass is 10.2. The third-order valence-corrected chi connectivity index (χ3v) is 1.33. The van der Waals surface area contributed by atoms with Crippen molar-refractivity contribution in [2.45, 2.75) is 0 Å². The van der Waals surface area contributed by atoms with E-state index >= 15 is 0 Å². The number of aliphatic hydroxyl groups is 1. The highest BCUT2D eigenvalue weighted by Gasteiger charge is 2.02. The zero-order valence-electron chi connectivity index (χ0n) is 5.37. The predicted octanol–water partition coefficient (Wildman–Crippen LogP) is 0.446. The number of rotatable bonds is 2. The maximum absolute atomic E-state index is 9.88. The fourth-order valence-electron chi connectivity index (χ4n) is 0.819. The van der Waals surface area contributed by atoms with Gasteiger partial charge in [-0.3, -0.25) is 0 Å². The van der Waals surface area contributed by atoms with Gasteiger partial charge in [-0.15, -0.1) is 0 Å². The van der Waals surface area contributed by atoms with E-state index in [-0.39, 0.29) is 6.61 Å². The van der Waals surface area contributed by atoms with Gasteiger partial charge in [0.15, 0.2) is 0 Å². The standard InChI is InChI=1S/C7H8NO2/c9-5-7-3-1-2-6(7)4-8-10/h1-4,8-9H,5H2/q-1. The van der Waals surface area contributed by atoms with E-state index in [1.165, 1.54) is 6.20 Å². The molecule has 0 fully saturated rings. The molecule has 1 aliphatic carbocycles. The normalized spacial score (nSPS) is 19.8. The molecule has 2 N–H and O–H groups in total. The Bertz CT molecular complexity index is 204. The topological polar surface area (TPSA) is 55.3 Å². The molecule has 3 heteroatoms. The predicted molar refractivity (Wildman–Crippen MR) is 38.9 cm³/mol. The van der Waals surface area contributed by atoms with Crippen molar-refractivity contribution in [1.82, 2.24) is 5.48 Å². The lowest BCUT2D eigenvalue weighted by Crippen LogP contribution is -1.96. The van der Waals surface area contributed by atoms with Crippen LogP contribution in [-0.4, -0.2) is 11.7 Å². The fraction of sp³-hybridized carbons (Fsp3) is 0.143. The van der Waals surface area contributed by atoms with Crippen molar-refractivity contribution < 1.29 is 5.11 Å². The van der Waals surface area contributed by atoms with Crippen LogP contribution in [0.4, 0.5) is 0 Å². The molecule has 0 bridgehead atoms. The molecule has 0 heterocycles. The van der Waals surface area contributed by atoms with E-state index in [0.717, 1.165) is 11.1 Å². The van der Waals surface area contributed by atoms with Gasteiger partial charge in [-0.05, 0) is 17.3 Å². The Labute approximate surface area is 58.9 Å². The summed E-state index contributed by atoms with van der Waals surface area (Å²) in [6.07, 6.45) is 6.62. The van der Waals surface area contributed by atoms with Gasteiger partial charge in [-0.1, -0.05) is 18.2 Å². The average molecular weight is 138 g/mol. The van der Waals surface area contributed by atoms with Gasteiger partial charge in [0, 0.05) is 0 Å². The first kappa shape index (κ1) is 7.05. The number of hydrogen-bond acceptors (Lipinski definition) is 3. The van der Waals surface area contributed by atoms with Crippen LogP contribution in [0.3, 0.4) is 0 Å². The quantitative estimate of drug-likeness (QED) is 0.544. The zero-order chi connectivity index (χ0) is 7.40. The minimum atomic E-state index is -0.0273. The Balaban J connectivity index is 2.71. The number of nitrogens with one attached hydrogen (secondary N) is 1. The summed E-state index contributed by atoms with van der Waals surface area (Å²) in [4.78, 5) is 0. The molecule has 1 aliphatic rings. The molecule has 0 aromatic heterocycles. The summed E-state index contributed by atoms with van der Waals surface area (Å²) in [6.45, 7) is -0.0273. The molecule has 0 aromatic rings. The molecule has 54 valence electrons. The Kier molecular flexibility index (Phi) is 2.25. The van der Waals surface area contributed by atoms with Gasteiger partial charge in [0.05, 0.1) is 6.61 Å². The molecule has 10 heavy (non-hydrogen) atoms. The van der Waals surface area contributed by atoms with Crippen molar-refractivity contribution in [1.29, 1.82) is 0 Å². The maximum Gasteiger partial charge on any atom is 0.0688 e. The molecule has 0 saturated carbocycles. The van der Waals surface area contributed by atoms with Crippen LogP contribution in [0.5, 0.6) is 0 Å². The Morgan fingerprint density at radius 2 is 2.50 bits per heavy atom. The van der Waals surface area contributed by atoms with E-state index in [1.54, 1.807) is 23.7 Å². The molecule has 0 atom stereocenters. The summed E-state index contributed by atoms with van der Waals surface area (Å²) in [5, 5.41) is 18.6. The van der Waals surface area contributed by atoms with Crippen LogP contribution < -0.4 is 5.48 Å². The van der Waals surface area contributed by atoms with Crippen molar-refractivity contribution in [3.05, 3.63) is 40.8 Å². The fourth-order valence-corrected chi connectivity index (χ4v) is 0.819. The van der Waals surface area contributed by atoms with Crippen LogP contribution in [0.15, 0.2) is 35.6 Å².